The highest BCUT2D eigenvalue weighted by molar-refractivity contribution is 14.0. The van der Waals surface area contributed by atoms with E-state index in [0.29, 0.717) is 24.7 Å². The second-order valence-electron chi connectivity index (χ2n) is 4.57. The third-order valence-corrected chi connectivity index (χ3v) is 2.96. The topological polar surface area (TPSA) is 65.5 Å². The van der Waals surface area contributed by atoms with Crippen LogP contribution in [0.25, 0.3) is 0 Å². The van der Waals surface area contributed by atoms with Crippen LogP contribution in [0.2, 0.25) is 0 Å². The van der Waals surface area contributed by atoms with Gasteiger partial charge in [-0.1, -0.05) is 25.1 Å². The molecule has 0 aliphatic rings. The molecule has 1 atom stereocenters. The molecule has 0 saturated heterocycles. The summed E-state index contributed by atoms with van der Waals surface area (Å²) < 4.78 is 0. The lowest BCUT2D eigenvalue weighted by atomic mass is 10.2. The van der Waals surface area contributed by atoms with Gasteiger partial charge in [-0.3, -0.25) is 9.79 Å². The molecule has 0 spiro atoms. The molecule has 0 aromatic heterocycles. The predicted molar refractivity (Wildman–Crippen MR) is 98.4 cm³/mol. The summed E-state index contributed by atoms with van der Waals surface area (Å²) in [7, 11) is 1.74. The molecule has 0 aliphatic carbocycles. The fraction of sp³-hybridized carbons (Fsp3) is 0.467. The van der Waals surface area contributed by atoms with Gasteiger partial charge in [0.15, 0.2) is 5.96 Å². The molecule has 3 N–H and O–H groups in total. The Bertz CT molecular complexity index is 437. The number of hydrogen-bond donors (Lipinski definition) is 3. The highest BCUT2D eigenvalue weighted by atomic mass is 127. The molecule has 1 aromatic carbocycles. The van der Waals surface area contributed by atoms with Crippen molar-refractivity contribution >= 4 is 35.8 Å². The minimum atomic E-state index is -0.0581. The second kappa shape index (κ2) is 11.4. The van der Waals surface area contributed by atoms with Gasteiger partial charge in [0, 0.05) is 31.7 Å². The molecular weight excluding hydrogens is 379 g/mol. The fourth-order valence-corrected chi connectivity index (χ4v) is 1.58. The highest BCUT2D eigenvalue weighted by Gasteiger charge is 2.04. The zero-order valence-electron chi connectivity index (χ0n) is 12.8. The van der Waals surface area contributed by atoms with Crippen molar-refractivity contribution in [3.8, 4) is 0 Å². The quantitative estimate of drug-likeness (QED) is 0.294. The largest absolute Gasteiger partial charge is 0.355 e. The number of nitrogens with zero attached hydrogens (tertiary/aromatic N) is 1. The molecule has 0 saturated carbocycles. The Morgan fingerprint density at radius 2 is 1.81 bits per heavy atom. The van der Waals surface area contributed by atoms with Gasteiger partial charge in [0.2, 0.25) is 0 Å². The Labute approximate surface area is 144 Å². The minimum absolute atomic E-state index is 0. The van der Waals surface area contributed by atoms with Gasteiger partial charge in [0.1, 0.15) is 0 Å². The zero-order chi connectivity index (χ0) is 14.8. The molecule has 0 heterocycles. The van der Waals surface area contributed by atoms with Crippen LogP contribution in [0, 0.1) is 0 Å². The number of guanidine groups is 1. The van der Waals surface area contributed by atoms with E-state index >= 15 is 0 Å². The number of amides is 1. The first-order valence-corrected chi connectivity index (χ1v) is 6.97. The number of carbonyl (C=O) groups is 1. The maximum atomic E-state index is 11.8. The maximum Gasteiger partial charge on any atom is 0.251 e. The third-order valence-electron chi connectivity index (χ3n) is 2.96. The van der Waals surface area contributed by atoms with E-state index in [1.54, 1.807) is 19.2 Å². The first-order valence-electron chi connectivity index (χ1n) is 6.97. The van der Waals surface area contributed by atoms with E-state index in [2.05, 4.69) is 34.8 Å². The van der Waals surface area contributed by atoms with Crippen molar-refractivity contribution < 1.29 is 4.79 Å². The molecule has 1 amide bonds. The van der Waals surface area contributed by atoms with E-state index in [1.807, 2.05) is 18.2 Å². The van der Waals surface area contributed by atoms with Crippen LogP contribution in [0.3, 0.4) is 0 Å². The number of nitrogens with one attached hydrogen (secondary N) is 3. The van der Waals surface area contributed by atoms with Gasteiger partial charge in [-0.05, 0) is 25.5 Å². The normalized spacial score (nSPS) is 12.0. The van der Waals surface area contributed by atoms with Crippen LogP contribution in [-0.2, 0) is 0 Å². The Morgan fingerprint density at radius 1 is 1.19 bits per heavy atom. The monoisotopic (exact) mass is 404 g/mol. The Hall–Kier alpha value is -1.31. The van der Waals surface area contributed by atoms with Crippen molar-refractivity contribution in [1.29, 1.82) is 0 Å². The van der Waals surface area contributed by atoms with Crippen molar-refractivity contribution in [2.24, 2.45) is 4.99 Å². The lowest BCUT2D eigenvalue weighted by Crippen LogP contribution is -2.44. The van der Waals surface area contributed by atoms with Crippen molar-refractivity contribution in [2.75, 3.05) is 20.1 Å². The Morgan fingerprint density at radius 3 is 2.38 bits per heavy atom. The van der Waals surface area contributed by atoms with Crippen molar-refractivity contribution in [3.63, 3.8) is 0 Å². The minimum Gasteiger partial charge on any atom is -0.355 e. The van der Waals surface area contributed by atoms with Crippen LogP contribution in [0.15, 0.2) is 35.3 Å². The molecule has 0 bridgehead atoms. The van der Waals surface area contributed by atoms with Crippen LogP contribution in [0.5, 0.6) is 0 Å². The average Bonchev–Trinajstić information content (AvgIpc) is 2.50. The van der Waals surface area contributed by atoms with E-state index in [-0.39, 0.29) is 29.9 Å². The number of halogens is 1. The number of carbonyl (C=O) groups excluding carboxylic acids is 1. The van der Waals surface area contributed by atoms with Gasteiger partial charge >= 0.3 is 0 Å². The van der Waals surface area contributed by atoms with E-state index in [4.69, 9.17) is 0 Å². The summed E-state index contributed by atoms with van der Waals surface area (Å²) in [5.74, 6) is 0.700. The molecule has 1 aromatic rings. The van der Waals surface area contributed by atoms with Crippen LogP contribution in [0.1, 0.15) is 30.6 Å². The lowest BCUT2D eigenvalue weighted by molar-refractivity contribution is 0.0954. The van der Waals surface area contributed by atoms with Crippen LogP contribution in [-0.4, -0.2) is 38.0 Å². The smallest absolute Gasteiger partial charge is 0.251 e. The van der Waals surface area contributed by atoms with Crippen LogP contribution in [0.4, 0.5) is 0 Å². The molecule has 0 fully saturated rings. The molecule has 0 aliphatic heterocycles. The molecule has 1 rings (SSSR count). The summed E-state index contributed by atoms with van der Waals surface area (Å²) in [5, 5.41) is 9.29. The second-order valence-corrected chi connectivity index (χ2v) is 4.57. The van der Waals surface area contributed by atoms with Gasteiger partial charge in [0.25, 0.3) is 5.91 Å². The Kier molecular flexibility index (Phi) is 10.7. The summed E-state index contributed by atoms with van der Waals surface area (Å²) >= 11 is 0. The number of hydrogen-bond acceptors (Lipinski definition) is 2. The number of rotatable bonds is 6. The zero-order valence-corrected chi connectivity index (χ0v) is 15.2. The van der Waals surface area contributed by atoms with E-state index < -0.39 is 0 Å². The Balaban J connectivity index is 0.00000400. The van der Waals surface area contributed by atoms with Gasteiger partial charge in [-0.2, -0.15) is 0 Å². The van der Waals surface area contributed by atoms with Crippen LogP contribution < -0.4 is 16.0 Å². The predicted octanol–water partition coefficient (Wildman–Crippen LogP) is 2.00. The van der Waals surface area contributed by atoms with Gasteiger partial charge in [-0.25, -0.2) is 0 Å². The van der Waals surface area contributed by atoms with Crippen LogP contribution >= 0.6 is 24.0 Å². The maximum absolute atomic E-state index is 11.8. The molecule has 1 unspecified atom stereocenters. The van der Waals surface area contributed by atoms with E-state index in [9.17, 15) is 4.79 Å². The SMILES string of the molecule is CCC(C)NC(=NC)NCCNC(=O)c1ccccc1.I. The third kappa shape index (κ3) is 7.89. The first kappa shape index (κ1) is 19.7. The fourth-order valence-electron chi connectivity index (χ4n) is 1.58. The summed E-state index contributed by atoms with van der Waals surface area (Å²) in [6, 6.07) is 9.57. The molecule has 118 valence electrons. The van der Waals surface area contributed by atoms with Gasteiger partial charge < -0.3 is 16.0 Å². The molecule has 0 radical (unpaired) electrons. The number of aliphatic imine (C=N–C) groups is 1. The lowest BCUT2D eigenvalue weighted by Gasteiger charge is -2.16. The van der Waals surface area contributed by atoms with Crippen molar-refractivity contribution in [2.45, 2.75) is 26.3 Å². The summed E-state index contributed by atoms with van der Waals surface area (Å²) in [4.78, 5) is 15.9. The molecule has 5 nitrogen and oxygen atoms in total. The van der Waals surface area contributed by atoms with Crippen molar-refractivity contribution in [3.05, 3.63) is 35.9 Å². The first-order chi connectivity index (χ1) is 9.67. The summed E-state index contributed by atoms with van der Waals surface area (Å²) in [6.45, 7) is 5.40. The molecular formula is C15H25IN4O. The number of benzene rings is 1. The highest BCUT2D eigenvalue weighted by Crippen LogP contribution is 1.96. The van der Waals surface area contributed by atoms with Gasteiger partial charge in [0.05, 0.1) is 0 Å². The van der Waals surface area contributed by atoms with Crippen molar-refractivity contribution in [1.82, 2.24) is 16.0 Å². The summed E-state index contributed by atoms with van der Waals surface area (Å²) in [6.07, 6.45) is 1.03. The van der Waals surface area contributed by atoms with E-state index in [1.165, 1.54) is 0 Å². The average molecular weight is 404 g/mol. The molecule has 6 heteroatoms. The molecule has 21 heavy (non-hydrogen) atoms. The standard InChI is InChI=1S/C15H24N4O.HI/c1-4-12(2)19-15(16-3)18-11-10-17-14(20)13-8-6-5-7-9-13;/h5-9,12H,4,10-11H2,1-3H3,(H,17,20)(H2,16,18,19);1H. The summed E-state index contributed by atoms with van der Waals surface area (Å²) in [5.41, 5.74) is 0.676. The van der Waals surface area contributed by atoms with E-state index in [0.717, 1.165) is 12.4 Å². The van der Waals surface area contributed by atoms with Gasteiger partial charge in [-0.15, -0.1) is 24.0 Å².